The molecule has 0 aliphatic heterocycles. The Labute approximate surface area is 246 Å². The Morgan fingerprint density at radius 1 is 0.976 bits per heavy atom. The van der Waals surface area contributed by atoms with E-state index in [4.69, 9.17) is 14.2 Å². The van der Waals surface area contributed by atoms with Gasteiger partial charge in [0.2, 0.25) is 23.0 Å². The van der Waals surface area contributed by atoms with Crippen LogP contribution in [0.2, 0.25) is 0 Å². The second-order valence-electron chi connectivity index (χ2n) is 10.5. The summed E-state index contributed by atoms with van der Waals surface area (Å²) in [6, 6.07) is 15.1. The molecule has 2 amide bonds. The molecule has 222 valence electrons. The maximum atomic E-state index is 13.8. The average Bonchev–Trinajstić information content (AvgIpc) is 3.23. The van der Waals surface area contributed by atoms with Gasteiger partial charge in [-0.15, -0.1) is 0 Å². The fourth-order valence-corrected chi connectivity index (χ4v) is 5.44. The summed E-state index contributed by atoms with van der Waals surface area (Å²) < 4.78 is 17.1. The number of anilines is 2. The number of hydrogen-bond acceptors (Lipinski definition) is 7. The van der Waals surface area contributed by atoms with Crippen molar-refractivity contribution in [1.29, 1.82) is 0 Å². The lowest BCUT2D eigenvalue weighted by atomic mass is 9.95. The minimum absolute atomic E-state index is 0.0684. The summed E-state index contributed by atoms with van der Waals surface area (Å²) in [6.07, 6.45) is 1.88. The fourth-order valence-electron chi connectivity index (χ4n) is 5.44. The number of hydrogen-bond donors (Lipinski definition) is 3. The molecule has 42 heavy (non-hydrogen) atoms. The number of ether oxygens (including phenoxy) is 3. The Morgan fingerprint density at radius 2 is 1.69 bits per heavy atom. The van der Waals surface area contributed by atoms with E-state index in [0.29, 0.717) is 41.3 Å². The summed E-state index contributed by atoms with van der Waals surface area (Å²) in [5, 5.41) is 9.21. The lowest BCUT2D eigenvalue weighted by molar-refractivity contribution is -0.120. The van der Waals surface area contributed by atoms with Crippen LogP contribution in [0, 0.1) is 5.92 Å². The maximum Gasteiger partial charge on any atom is 0.247 e. The first-order valence-corrected chi connectivity index (χ1v) is 14.1. The minimum atomic E-state index is -0.664. The van der Waals surface area contributed by atoms with E-state index in [1.807, 2.05) is 56.3 Å². The SMILES string of the molecule is CC[C@@H](C)[C@H](Nc1ccc2c(cc1=O)[C@@H](NC(C)=O)CCc1cc(OC)c(OC)c(OC)c1-2)C(=O)Nc1ccccc1. The van der Waals surface area contributed by atoms with Crippen molar-refractivity contribution >= 4 is 23.2 Å². The van der Waals surface area contributed by atoms with Crippen LogP contribution in [0.1, 0.15) is 50.8 Å². The van der Waals surface area contributed by atoms with Gasteiger partial charge in [0.15, 0.2) is 11.5 Å². The van der Waals surface area contributed by atoms with E-state index in [1.54, 1.807) is 33.5 Å². The Kier molecular flexibility index (Phi) is 9.72. The van der Waals surface area contributed by atoms with Gasteiger partial charge in [0.1, 0.15) is 6.04 Å². The normalized spacial score (nSPS) is 15.1. The Balaban J connectivity index is 1.87. The van der Waals surface area contributed by atoms with Gasteiger partial charge in [-0.2, -0.15) is 0 Å². The molecule has 9 heteroatoms. The van der Waals surface area contributed by atoms with E-state index in [0.717, 1.165) is 23.1 Å². The maximum absolute atomic E-state index is 13.8. The molecule has 3 aromatic carbocycles. The van der Waals surface area contributed by atoms with E-state index in [9.17, 15) is 14.4 Å². The molecule has 0 saturated carbocycles. The van der Waals surface area contributed by atoms with Crippen molar-refractivity contribution in [3.63, 3.8) is 0 Å². The van der Waals surface area contributed by atoms with E-state index in [-0.39, 0.29) is 28.8 Å². The Hall–Kier alpha value is -4.53. The number of methoxy groups -OCH3 is 3. The van der Waals surface area contributed by atoms with Crippen molar-refractivity contribution in [1.82, 2.24) is 5.32 Å². The van der Waals surface area contributed by atoms with Gasteiger partial charge in [0.05, 0.1) is 33.1 Å². The van der Waals surface area contributed by atoms with Gasteiger partial charge < -0.3 is 30.2 Å². The van der Waals surface area contributed by atoms with Crippen molar-refractivity contribution in [3.05, 3.63) is 75.9 Å². The Morgan fingerprint density at radius 3 is 2.31 bits per heavy atom. The molecule has 9 nitrogen and oxygen atoms in total. The summed E-state index contributed by atoms with van der Waals surface area (Å²) in [5.74, 6) is 0.934. The van der Waals surface area contributed by atoms with Gasteiger partial charge in [-0.05, 0) is 65.8 Å². The number of carbonyl (C=O) groups is 2. The van der Waals surface area contributed by atoms with Gasteiger partial charge in [-0.3, -0.25) is 14.4 Å². The van der Waals surface area contributed by atoms with Crippen molar-refractivity contribution in [2.75, 3.05) is 32.0 Å². The van der Waals surface area contributed by atoms with Crippen molar-refractivity contribution in [2.45, 2.75) is 52.1 Å². The minimum Gasteiger partial charge on any atom is -0.493 e. The number of aryl methyl sites for hydroxylation is 1. The second kappa shape index (κ2) is 13.4. The molecule has 1 aliphatic carbocycles. The predicted octanol–water partition coefficient (Wildman–Crippen LogP) is 5.33. The van der Waals surface area contributed by atoms with Gasteiger partial charge in [-0.1, -0.05) is 44.5 Å². The molecule has 0 fully saturated rings. The van der Waals surface area contributed by atoms with E-state index in [1.165, 1.54) is 6.92 Å². The van der Waals surface area contributed by atoms with Gasteiger partial charge >= 0.3 is 0 Å². The molecule has 4 rings (SSSR count). The zero-order chi connectivity index (χ0) is 30.4. The summed E-state index contributed by atoms with van der Waals surface area (Å²) >= 11 is 0. The summed E-state index contributed by atoms with van der Waals surface area (Å²) in [5.41, 5.74) is 3.73. The molecule has 0 heterocycles. The van der Waals surface area contributed by atoms with E-state index in [2.05, 4.69) is 16.0 Å². The topological polar surface area (TPSA) is 115 Å². The highest BCUT2D eigenvalue weighted by atomic mass is 16.5. The monoisotopic (exact) mass is 573 g/mol. The molecule has 0 aromatic heterocycles. The fraction of sp³-hybridized carbons (Fsp3) is 0.364. The zero-order valence-corrected chi connectivity index (χ0v) is 25.0. The third-order valence-electron chi connectivity index (χ3n) is 7.76. The van der Waals surface area contributed by atoms with Crippen LogP contribution < -0.4 is 35.6 Å². The number of amides is 2. The van der Waals surface area contributed by atoms with Crippen LogP contribution in [-0.2, 0) is 16.0 Å². The molecule has 0 saturated heterocycles. The van der Waals surface area contributed by atoms with Crippen LogP contribution in [0.25, 0.3) is 11.1 Å². The standard InChI is InChI=1S/C33H39N3O6/c1-7-19(2)30(33(39)35-22-11-9-8-10-12-22)36-26-16-14-23-24(18-27(26)38)25(34-20(3)37)15-13-21-17-28(40-4)31(41-5)32(42-6)29(21)23/h8-12,14,16-19,25,30H,7,13,15H2,1-6H3,(H,34,37)(H,35,39)(H,36,38)/t19-,25+,30+/m1/s1. The number of nitrogens with one attached hydrogen (secondary N) is 3. The third kappa shape index (κ3) is 6.35. The zero-order valence-electron chi connectivity index (χ0n) is 25.0. The number of benzene rings is 2. The third-order valence-corrected chi connectivity index (χ3v) is 7.76. The number of rotatable bonds is 10. The average molecular weight is 574 g/mol. The van der Waals surface area contributed by atoms with Gasteiger partial charge in [0.25, 0.3) is 0 Å². The van der Waals surface area contributed by atoms with Crippen LogP contribution in [-0.4, -0.2) is 39.2 Å². The van der Waals surface area contributed by atoms with Gasteiger partial charge in [0, 0.05) is 18.2 Å². The van der Waals surface area contributed by atoms with Crippen LogP contribution in [0.15, 0.2) is 59.4 Å². The van der Waals surface area contributed by atoms with Crippen molar-refractivity contribution < 1.29 is 23.8 Å². The Bertz CT molecular complexity index is 1510. The molecule has 0 unspecified atom stereocenters. The molecular weight excluding hydrogens is 534 g/mol. The summed E-state index contributed by atoms with van der Waals surface area (Å²) in [6.45, 7) is 5.43. The first-order chi connectivity index (χ1) is 20.2. The van der Waals surface area contributed by atoms with Crippen molar-refractivity contribution in [3.8, 4) is 28.4 Å². The number of para-hydroxylation sites is 1. The van der Waals surface area contributed by atoms with Crippen LogP contribution in [0.3, 0.4) is 0 Å². The number of fused-ring (bicyclic) bond motifs is 3. The first kappa shape index (κ1) is 30.4. The van der Waals surface area contributed by atoms with Crippen molar-refractivity contribution in [2.24, 2.45) is 5.92 Å². The predicted molar refractivity (Wildman–Crippen MR) is 165 cm³/mol. The molecule has 3 aromatic rings. The van der Waals surface area contributed by atoms with E-state index < -0.39 is 12.1 Å². The molecule has 0 radical (unpaired) electrons. The highest BCUT2D eigenvalue weighted by Crippen LogP contribution is 2.50. The summed E-state index contributed by atoms with van der Waals surface area (Å²) in [7, 11) is 4.67. The number of carbonyl (C=O) groups excluding carboxylic acids is 2. The highest BCUT2D eigenvalue weighted by Gasteiger charge is 2.30. The van der Waals surface area contributed by atoms with E-state index >= 15 is 0 Å². The molecule has 0 bridgehead atoms. The molecular formula is C33H39N3O6. The first-order valence-electron chi connectivity index (χ1n) is 14.1. The quantitative estimate of drug-likeness (QED) is 0.300. The lowest BCUT2D eigenvalue weighted by Gasteiger charge is -2.24. The second-order valence-corrected chi connectivity index (χ2v) is 10.5. The molecule has 1 aliphatic rings. The molecule has 3 N–H and O–H groups in total. The van der Waals surface area contributed by atoms with Crippen LogP contribution >= 0.6 is 0 Å². The van der Waals surface area contributed by atoms with Crippen LogP contribution in [0.5, 0.6) is 17.2 Å². The largest absolute Gasteiger partial charge is 0.493 e. The smallest absolute Gasteiger partial charge is 0.247 e. The highest BCUT2D eigenvalue weighted by molar-refractivity contribution is 5.96. The molecule has 3 atom stereocenters. The molecule has 0 spiro atoms. The van der Waals surface area contributed by atoms with Crippen LogP contribution in [0.4, 0.5) is 11.4 Å². The summed E-state index contributed by atoms with van der Waals surface area (Å²) in [4.78, 5) is 39.4. The van der Waals surface area contributed by atoms with Gasteiger partial charge in [-0.25, -0.2) is 0 Å². The lowest BCUT2D eigenvalue weighted by Crippen LogP contribution is -2.40.